The van der Waals surface area contributed by atoms with Crippen LogP contribution in [0.4, 0.5) is 13.2 Å². The molecular weight excluding hydrogens is 375 g/mol. The summed E-state index contributed by atoms with van der Waals surface area (Å²) in [5.41, 5.74) is -0.788. The summed E-state index contributed by atoms with van der Waals surface area (Å²) in [5.74, 6) is 1.17. The van der Waals surface area contributed by atoms with Crippen molar-refractivity contribution in [1.29, 1.82) is 0 Å². The molecule has 2 N–H and O–H groups in total. The number of aliphatic imine (C=N–C) groups is 1. The summed E-state index contributed by atoms with van der Waals surface area (Å²) in [6.45, 7) is 4.87. The number of aliphatic hydroxyl groups is 1. The predicted molar refractivity (Wildman–Crippen MR) is 100 cm³/mol. The van der Waals surface area contributed by atoms with Gasteiger partial charge in [0, 0.05) is 32.7 Å². The van der Waals surface area contributed by atoms with Crippen molar-refractivity contribution in [1.82, 2.24) is 10.2 Å². The molecule has 1 aliphatic rings. The van der Waals surface area contributed by atoms with Crippen LogP contribution in [-0.4, -0.2) is 68.6 Å². The van der Waals surface area contributed by atoms with Crippen molar-refractivity contribution in [3.05, 3.63) is 29.8 Å². The zero-order chi connectivity index (χ0) is 20.6. The third kappa shape index (κ3) is 7.20. The minimum Gasteiger partial charge on any atom is -0.491 e. The van der Waals surface area contributed by atoms with Gasteiger partial charge in [-0.2, -0.15) is 13.2 Å². The van der Waals surface area contributed by atoms with Crippen molar-refractivity contribution >= 4 is 5.96 Å². The molecule has 2 rings (SSSR count). The first-order chi connectivity index (χ1) is 13.3. The number of hydrogen-bond acceptors (Lipinski definition) is 4. The van der Waals surface area contributed by atoms with E-state index in [1.165, 1.54) is 12.1 Å². The van der Waals surface area contributed by atoms with Crippen molar-refractivity contribution in [3.63, 3.8) is 0 Å². The van der Waals surface area contributed by atoms with E-state index in [0.29, 0.717) is 18.4 Å². The maximum atomic E-state index is 12.7. The summed E-state index contributed by atoms with van der Waals surface area (Å²) in [5, 5.41) is 13.3. The molecule has 0 saturated carbocycles. The number of guanidine groups is 1. The summed E-state index contributed by atoms with van der Waals surface area (Å²) in [4.78, 5) is 6.39. The second-order valence-electron chi connectivity index (χ2n) is 6.80. The van der Waals surface area contributed by atoms with Crippen molar-refractivity contribution in [3.8, 4) is 5.75 Å². The van der Waals surface area contributed by atoms with Crippen LogP contribution in [0.5, 0.6) is 5.75 Å². The average molecular weight is 403 g/mol. The highest BCUT2D eigenvalue weighted by Gasteiger charge is 2.30. The Balaban J connectivity index is 1.86. The number of ether oxygens (including phenoxy) is 2. The summed E-state index contributed by atoms with van der Waals surface area (Å²) in [6, 6.07) is 4.58. The van der Waals surface area contributed by atoms with Gasteiger partial charge in [0.2, 0.25) is 0 Å². The van der Waals surface area contributed by atoms with Gasteiger partial charge in [0.05, 0.1) is 18.7 Å². The lowest BCUT2D eigenvalue weighted by molar-refractivity contribution is -0.137. The summed E-state index contributed by atoms with van der Waals surface area (Å²) in [7, 11) is 1.92. The molecule has 0 aliphatic carbocycles. The molecule has 1 aliphatic heterocycles. The van der Waals surface area contributed by atoms with Gasteiger partial charge in [-0.05, 0) is 31.5 Å². The maximum absolute atomic E-state index is 12.7. The van der Waals surface area contributed by atoms with E-state index in [2.05, 4.69) is 10.3 Å². The molecule has 0 bridgehead atoms. The molecule has 1 aromatic carbocycles. The fourth-order valence-electron chi connectivity index (χ4n) is 2.87. The molecule has 28 heavy (non-hydrogen) atoms. The largest absolute Gasteiger partial charge is 0.491 e. The van der Waals surface area contributed by atoms with E-state index in [4.69, 9.17) is 9.47 Å². The highest BCUT2D eigenvalue weighted by atomic mass is 19.4. The van der Waals surface area contributed by atoms with Gasteiger partial charge in [0.15, 0.2) is 5.96 Å². The van der Waals surface area contributed by atoms with E-state index in [-0.39, 0.29) is 18.9 Å². The smallest absolute Gasteiger partial charge is 0.416 e. The van der Waals surface area contributed by atoms with E-state index in [1.807, 2.05) is 18.9 Å². The first kappa shape index (κ1) is 22.3. The van der Waals surface area contributed by atoms with Gasteiger partial charge in [-0.15, -0.1) is 0 Å². The number of alkyl halides is 3. The Labute approximate surface area is 163 Å². The number of hydrogen-bond donors (Lipinski definition) is 2. The predicted octanol–water partition coefficient (Wildman–Crippen LogP) is 2.38. The van der Waals surface area contributed by atoms with Gasteiger partial charge >= 0.3 is 6.18 Å². The fraction of sp³-hybridized carbons (Fsp3) is 0.632. The Kier molecular flexibility index (Phi) is 8.37. The number of rotatable bonds is 8. The summed E-state index contributed by atoms with van der Waals surface area (Å²) in [6.07, 6.45) is -4.36. The fourth-order valence-corrected chi connectivity index (χ4v) is 2.87. The first-order valence-corrected chi connectivity index (χ1v) is 9.35. The third-order valence-electron chi connectivity index (χ3n) is 4.31. The standard InChI is InChI=1S/C19H28F3N3O3/c1-3-23-18(25(2)11-14-7-8-27-12-14)24-10-16(26)13-28-17-6-4-5-15(9-17)19(20,21)22/h4-6,9,14,16,26H,3,7-8,10-13H2,1-2H3,(H,23,24). The maximum Gasteiger partial charge on any atom is 0.416 e. The molecule has 1 heterocycles. The molecule has 0 radical (unpaired) electrons. The molecule has 0 amide bonds. The normalized spacial score (nSPS) is 18.8. The topological polar surface area (TPSA) is 66.3 Å². The van der Waals surface area contributed by atoms with Crippen LogP contribution in [0.1, 0.15) is 18.9 Å². The zero-order valence-corrected chi connectivity index (χ0v) is 16.2. The lowest BCUT2D eigenvalue weighted by atomic mass is 10.1. The number of nitrogens with one attached hydrogen (secondary N) is 1. The van der Waals surface area contributed by atoms with Gasteiger partial charge in [0.25, 0.3) is 0 Å². The molecule has 1 aromatic rings. The average Bonchev–Trinajstić information content (AvgIpc) is 3.16. The quantitative estimate of drug-likeness (QED) is 0.515. The van der Waals surface area contributed by atoms with Gasteiger partial charge in [-0.25, -0.2) is 0 Å². The number of halogens is 3. The van der Waals surface area contributed by atoms with Crippen molar-refractivity contribution in [2.24, 2.45) is 10.9 Å². The molecular formula is C19H28F3N3O3. The van der Waals surface area contributed by atoms with Crippen molar-refractivity contribution in [2.75, 3.05) is 46.5 Å². The highest BCUT2D eigenvalue weighted by molar-refractivity contribution is 5.79. The number of aliphatic hydroxyl groups excluding tert-OH is 1. The monoisotopic (exact) mass is 403 g/mol. The van der Waals surface area contributed by atoms with Crippen LogP contribution in [0, 0.1) is 5.92 Å². The van der Waals surface area contributed by atoms with Crippen molar-refractivity contribution < 1.29 is 27.8 Å². The Bertz CT molecular complexity index is 634. The van der Waals surface area contributed by atoms with E-state index < -0.39 is 17.8 Å². The van der Waals surface area contributed by atoms with Gasteiger partial charge in [-0.3, -0.25) is 4.99 Å². The van der Waals surface area contributed by atoms with Crippen LogP contribution in [0.25, 0.3) is 0 Å². The van der Waals surface area contributed by atoms with E-state index in [0.717, 1.165) is 38.3 Å². The van der Waals surface area contributed by atoms with E-state index >= 15 is 0 Å². The molecule has 2 atom stereocenters. The Morgan fingerprint density at radius 1 is 1.46 bits per heavy atom. The minimum atomic E-state index is -4.43. The van der Waals surface area contributed by atoms with Crippen LogP contribution < -0.4 is 10.1 Å². The molecule has 0 aromatic heterocycles. The van der Waals surface area contributed by atoms with Gasteiger partial charge < -0.3 is 24.8 Å². The van der Waals surface area contributed by atoms with Crippen LogP contribution in [0.2, 0.25) is 0 Å². The summed E-state index contributed by atoms with van der Waals surface area (Å²) >= 11 is 0. The lowest BCUT2D eigenvalue weighted by Crippen LogP contribution is -2.42. The minimum absolute atomic E-state index is 0.0584. The van der Waals surface area contributed by atoms with Crippen LogP contribution in [0.3, 0.4) is 0 Å². The lowest BCUT2D eigenvalue weighted by Gasteiger charge is -2.24. The van der Waals surface area contributed by atoms with Gasteiger partial charge in [-0.1, -0.05) is 6.07 Å². The zero-order valence-electron chi connectivity index (χ0n) is 16.2. The second-order valence-corrected chi connectivity index (χ2v) is 6.80. The molecule has 2 unspecified atom stereocenters. The number of nitrogens with zero attached hydrogens (tertiary/aromatic N) is 2. The summed E-state index contributed by atoms with van der Waals surface area (Å²) < 4.78 is 48.9. The van der Waals surface area contributed by atoms with Crippen LogP contribution in [-0.2, 0) is 10.9 Å². The van der Waals surface area contributed by atoms with E-state index in [1.54, 1.807) is 0 Å². The molecule has 1 fully saturated rings. The molecule has 9 heteroatoms. The number of benzene rings is 1. The molecule has 0 spiro atoms. The van der Waals surface area contributed by atoms with E-state index in [9.17, 15) is 18.3 Å². The van der Waals surface area contributed by atoms with Crippen LogP contribution in [0.15, 0.2) is 29.3 Å². The molecule has 1 saturated heterocycles. The molecule has 6 nitrogen and oxygen atoms in total. The third-order valence-corrected chi connectivity index (χ3v) is 4.31. The second kappa shape index (κ2) is 10.5. The first-order valence-electron chi connectivity index (χ1n) is 9.35. The van der Waals surface area contributed by atoms with Crippen molar-refractivity contribution in [2.45, 2.75) is 25.6 Å². The SMILES string of the molecule is CCNC(=NCC(O)COc1cccc(C(F)(F)F)c1)N(C)CC1CCOC1. The van der Waals surface area contributed by atoms with Crippen LogP contribution >= 0.6 is 0 Å². The van der Waals surface area contributed by atoms with Gasteiger partial charge in [0.1, 0.15) is 18.5 Å². The Morgan fingerprint density at radius 3 is 2.89 bits per heavy atom. The Morgan fingerprint density at radius 2 is 2.25 bits per heavy atom. The highest BCUT2D eigenvalue weighted by Crippen LogP contribution is 2.31. The molecule has 158 valence electrons. The Hall–Kier alpha value is -2.00.